The maximum Gasteiger partial charge on any atom is 0.257 e. The van der Waals surface area contributed by atoms with Crippen LogP contribution in [0.1, 0.15) is 13.8 Å². The van der Waals surface area contributed by atoms with E-state index >= 15 is 0 Å². The van der Waals surface area contributed by atoms with Crippen LogP contribution in [0.4, 0.5) is 0 Å². The number of para-hydroxylation sites is 2. The number of benzene rings is 1. The van der Waals surface area contributed by atoms with Crippen molar-refractivity contribution in [2.24, 2.45) is 5.92 Å². The summed E-state index contributed by atoms with van der Waals surface area (Å²) in [7, 11) is 0. The topological polar surface area (TPSA) is 70.1 Å². The second-order valence-electron chi connectivity index (χ2n) is 4.70. The van der Waals surface area contributed by atoms with Crippen LogP contribution in [0.25, 0.3) is 11.1 Å². The molecule has 1 amide bonds. The first-order valence-corrected chi connectivity index (χ1v) is 7.78. The Kier molecular flexibility index (Phi) is 5.23. The molecule has 0 saturated carbocycles. The third-order valence-electron chi connectivity index (χ3n) is 3.04. The molecule has 0 aliphatic heterocycles. The Morgan fingerprint density at radius 3 is 2.95 bits per heavy atom. The summed E-state index contributed by atoms with van der Waals surface area (Å²) in [6.07, 6.45) is 0. The zero-order chi connectivity index (χ0) is 15.2. The van der Waals surface area contributed by atoms with E-state index in [0.29, 0.717) is 18.3 Å². The maximum atomic E-state index is 12.1. The summed E-state index contributed by atoms with van der Waals surface area (Å²) in [5.74, 6) is 0.0915. The van der Waals surface area contributed by atoms with Crippen molar-refractivity contribution in [1.29, 1.82) is 5.26 Å². The Hall–Kier alpha value is -2.00. The highest BCUT2D eigenvalue weighted by atomic mass is 32.2. The second-order valence-corrected chi connectivity index (χ2v) is 5.63. The number of amides is 1. The van der Waals surface area contributed by atoms with Crippen molar-refractivity contribution in [3.05, 3.63) is 24.3 Å². The fourth-order valence-corrected chi connectivity index (χ4v) is 2.65. The minimum atomic E-state index is -0.164. The number of nitriles is 1. The Balaban J connectivity index is 1.95. The number of carbonyl (C=O) groups is 1. The van der Waals surface area contributed by atoms with Crippen LogP contribution < -0.4 is 0 Å². The van der Waals surface area contributed by atoms with E-state index in [1.807, 2.05) is 38.1 Å². The standard InChI is InChI=1S/C15H17N3O2S/c1-3-18(9-11(2)8-16)14(19)10-21-15-17-12-6-4-5-7-13(12)20-15/h4-7,11H,3,9-10H2,1-2H3. The molecule has 1 aromatic carbocycles. The molecule has 1 aromatic heterocycles. The predicted molar refractivity (Wildman–Crippen MR) is 81.8 cm³/mol. The Morgan fingerprint density at radius 2 is 2.29 bits per heavy atom. The van der Waals surface area contributed by atoms with Gasteiger partial charge in [0.2, 0.25) is 5.91 Å². The average molecular weight is 303 g/mol. The van der Waals surface area contributed by atoms with Crippen LogP contribution in [0.5, 0.6) is 0 Å². The number of hydrogen-bond donors (Lipinski definition) is 0. The van der Waals surface area contributed by atoms with Gasteiger partial charge in [0.1, 0.15) is 5.52 Å². The minimum Gasteiger partial charge on any atom is -0.431 e. The molecule has 110 valence electrons. The number of nitrogens with zero attached hydrogens (tertiary/aromatic N) is 3. The van der Waals surface area contributed by atoms with Gasteiger partial charge in [-0.2, -0.15) is 5.26 Å². The van der Waals surface area contributed by atoms with E-state index in [1.165, 1.54) is 11.8 Å². The van der Waals surface area contributed by atoms with Crippen molar-refractivity contribution < 1.29 is 9.21 Å². The Morgan fingerprint density at radius 1 is 1.52 bits per heavy atom. The number of rotatable bonds is 6. The van der Waals surface area contributed by atoms with Gasteiger partial charge in [0, 0.05) is 13.1 Å². The van der Waals surface area contributed by atoms with Crippen LogP contribution in [-0.4, -0.2) is 34.6 Å². The van der Waals surface area contributed by atoms with Crippen molar-refractivity contribution in [3.63, 3.8) is 0 Å². The summed E-state index contributed by atoms with van der Waals surface area (Å²) in [4.78, 5) is 18.1. The molecule has 0 bridgehead atoms. The molecular weight excluding hydrogens is 286 g/mol. The molecule has 0 spiro atoms. The van der Waals surface area contributed by atoms with E-state index in [2.05, 4.69) is 11.1 Å². The van der Waals surface area contributed by atoms with Crippen molar-refractivity contribution in [1.82, 2.24) is 9.88 Å². The molecule has 0 N–H and O–H groups in total. The van der Waals surface area contributed by atoms with Crippen LogP contribution >= 0.6 is 11.8 Å². The zero-order valence-electron chi connectivity index (χ0n) is 12.1. The third-order valence-corrected chi connectivity index (χ3v) is 3.86. The van der Waals surface area contributed by atoms with E-state index in [9.17, 15) is 4.79 Å². The van der Waals surface area contributed by atoms with Gasteiger partial charge in [0.05, 0.1) is 17.7 Å². The minimum absolute atomic E-state index is 0.00754. The van der Waals surface area contributed by atoms with E-state index < -0.39 is 0 Å². The largest absolute Gasteiger partial charge is 0.431 e. The summed E-state index contributed by atoms with van der Waals surface area (Å²) in [6, 6.07) is 9.65. The fourth-order valence-electron chi connectivity index (χ4n) is 1.91. The molecule has 2 aromatic rings. The van der Waals surface area contributed by atoms with E-state index in [0.717, 1.165) is 11.1 Å². The van der Waals surface area contributed by atoms with Crippen molar-refractivity contribution >= 4 is 28.8 Å². The fraction of sp³-hybridized carbons (Fsp3) is 0.400. The molecule has 0 aliphatic rings. The molecule has 1 unspecified atom stereocenters. The number of oxazole rings is 1. The van der Waals surface area contributed by atoms with Gasteiger partial charge in [0.15, 0.2) is 5.58 Å². The first kappa shape index (κ1) is 15.4. The molecular formula is C15H17N3O2S. The molecule has 1 atom stereocenters. The number of hydrogen-bond acceptors (Lipinski definition) is 5. The van der Waals surface area contributed by atoms with Gasteiger partial charge in [-0.25, -0.2) is 4.98 Å². The SMILES string of the molecule is CCN(CC(C)C#N)C(=O)CSc1nc2ccccc2o1. The highest BCUT2D eigenvalue weighted by molar-refractivity contribution is 7.99. The average Bonchev–Trinajstić information content (AvgIpc) is 2.92. The molecule has 0 fully saturated rings. The molecule has 1 heterocycles. The van der Waals surface area contributed by atoms with Gasteiger partial charge in [-0.3, -0.25) is 4.79 Å². The van der Waals surface area contributed by atoms with Crippen molar-refractivity contribution in [2.75, 3.05) is 18.8 Å². The highest BCUT2D eigenvalue weighted by Gasteiger charge is 2.16. The molecule has 6 heteroatoms. The summed E-state index contributed by atoms with van der Waals surface area (Å²) in [6.45, 7) is 4.77. The lowest BCUT2D eigenvalue weighted by molar-refractivity contribution is -0.128. The quantitative estimate of drug-likeness (QED) is 0.767. The maximum absolute atomic E-state index is 12.1. The lowest BCUT2D eigenvalue weighted by atomic mass is 10.2. The molecule has 2 rings (SSSR count). The van der Waals surface area contributed by atoms with Gasteiger partial charge in [-0.1, -0.05) is 23.9 Å². The normalized spacial score (nSPS) is 12.0. The summed E-state index contributed by atoms with van der Waals surface area (Å²) >= 11 is 1.28. The highest BCUT2D eigenvalue weighted by Crippen LogP contribution is 2.23. The summed E-state index contributed by atoms with van der Waals surface area (Å²) < 4.78 is 5.56. The number of fused-ring (bicyclic) bond motifs is 1. The van der Waals surface area contributed by atoms with Gasteiger partial charge in [0.25, 0.3) is 5.22 Å². The molecule has 21 heavy (non-hydrogen) atoms. The van der Waals surface area contributed by atoms with Gasteiger partial charge in [-0.05, 0) is 26.0 Å². The van der Waals surface area contributed by atoms with Crippen LogP contribution in [0.3, 0.4) is 0 Å². The number of aromatic nitrogens is 1. The Labute approximate surface area is 127 Å². The first-order chi connectivity index (χ1) is 10.1. The molecule has 0 saturated heterocycles. The van der Waals surface area contributed by atoms with Crippen molar-refractivity contribution in [3.8, 4) is 6.07 Å². The lowest BCUT2D eigenvalue weighted by Gasteiger charge is -2.21. The monoisotopic (exact) mass is 303 g/mol. The summed E-state index contributed by atoms with van der Waals surface area (Å²) in [5.41, 5.74) is 1.51. The van der Waals surface area contributed by atoms with Gasteiger partial charge in [-0.15, -0.1) is 0 Å². The third kappa shape index (κ3) is 3.99. The second kappa shape index (κ2) is 7.14. The van der Waals surface area contributed by atoms with E-state index in [4.69, 9.17) is 9.68 Å². The molecule has 0 radical (unpaired) electrons. The zero-order valence-corrected chi connectivity index (χ0v) is 12.9. The van der Waals surface area contributed by atoms with E-state index in [1.54, 1.807) is 4.90 Å². The van der Waals surface area contributed by atoms with Crippen LogP contribution in [-0.2, 0) is 4.79 Å². The first-order valence-electron chi connectivity index (χ1n) is 6.79. The van der Waals surface area contributed by atoms with Gasteiger partial charge >= 0.3 is 0 Å². The summed E-state index contributed by atoms with van der Waals surface area (Å²) in [5, 5.41) is 9.33. The van der Waals surface area contributed by atoms with Gasteiger partial charge < -0.3 is 9.32 Å². The van der Waals surface area contributed by atoms with Crippen LogP contribution in [0, 0.1) is 17.2 Å². The molecule has 0 aliphatic carbocycles. The van der Waals surface area contributed by atoms with Crippen LogP contribution in [0.2, 0.25) is 0 Å². The predicted octanol–water partition coefficient (Wildman–Crippen LogP) is 2.93. The van der Waals surface area contributed by atoms with E-state index in [-0.39, 0.29) is 17.6 Å². The van der Waals surface area contributed by atoms with Crippen LogP contribution in [0.15, 0.2) is 33.9 Å². The molecule has 5 nitrogen and oxygen atoms in total. The van der Waals surface area contributed by atoms with Crippen molar-refractivity contribution in [2.45, 2.75) is 19.1 Å². The lowest BCUT2D eigenvalue weighted by Crippen LogP contribution is -2.35. The number of thioether (sulfide) groups is 1. The smallest absolute Gasteiger partial charge is 0.257 e. The Bertz CT molecular complexity index is 629. The number of carbonyl (C=O) groups excluding carboxylic acids is 1.